The molecule has 2 atom stereocenters. The van der Waals surface area contributed by atoms with Crippen LogP contribution in [0.15, 0.2) is 47.6 Å². The van der Waals surface area contributed by atoms with E-state index in [0.717, 1.165) is 31.2 Å². The largest absolute Gasteiger partial charge is 0.270 e. The first-order valence-corrected chi connectivity index (χ1v) is 9.59. The number of rotatable bonds is 3. The lowest BCUT2D eigenvalue weighted by Crippen LogP contribution is -2.46. The van der Waals surface area contributed by atoms with E-state index in [9.17, 15) is 8.42 Å². The Morgan fingerprint density at radius 2 is 1.83 bits per heavy atom. The van der Waals surface area contributed by atoms with Gasteiger partial charge in [-0.3, -0.25) is 4.68 Å². The molecule has 1 aromatic heterocycles. The number of nitrogens with zero attached hydrogens (tertiary/aromatic N) is 3. The van der Waals surface area contributed by atoms with Crippen LogP contribution in [0.4, 0.5) is 0 Å². The van der Waals surface area contributed by atoms with E-state index in [1.807, 2.05) is 36.0 Å². The van der Waals surface area contributed by atoms with Gasteiger partial charge in [-0.25, -0.2) is 8.42 Å². The van der Waals surface area contributed by atoms with Gasteiger partial charge in [-0.15, -0.1) is 0 Å². The normalized spacial score (nSPS) is 28.1. The molecule has 2 unspecified atom stereocenters. The van der Waals surface area contributed by atoms with E-state index in [4.69, 9.17) is 0 Å². The van der Waals surface area contributed by atoms with Gasteiger partial charge in [0.25, 0.3) is 0 Å². The zero-order chi connectivity index (χ0) is 16.0. The molecule has 2 aromatic rings. The number of aromatic nitrogens is 2. The van der Waals surface area contributed by atoms with Gasteiger partial charge in [0.15, 0.2) is 0 Å². The van der Waals surface area contributed by atoms with Crippen molar-refractivity contribution < 1.29 is 8.42 Å². The molecule has 0 radical (unpaired) electrons. The quantitative estimate of drug-likeness (QED) is 0.869. The first kappa shape index (κ1) is 14.9. The van der Waals surface area contributed by atoms with Crippen LogP contribution in [0.3, 0.4) is 0 Å². The Balaban J connectivity index is 1.64. The van der Waals surface area contributed by atoms with Gasteiger partial charge in [0.1, 0.15) is 0 Å². The van der Waals surface area contributed by atoms with Crippen molar-refractivity contribution in [2.24, 2.45) is 0 Å². The lowest BCUT2D eigenvalue weighted by Gasteiger charge is -2.38. The van der Waals surface area contributed by atoms with Gasteiger partial charge < -0.3 is 0 Å². The van der Waals surface area contributed by atoms with Gasteiger partial charge >= 0.3 is 0 Å². The Hall–Kier alpha value is -1.66. The maximum absolute atomic E-state index is 13.1. The minimum absolute atomic E-state index is 0.0912. The topological polar surface area (TPSA) is 55.2 Å². The molecule has 23 heavy (non-hydrogen) atoms. The first-order chi connectivity index (χ1) is 11.1. The van der Waals surface area contributed by atoms with Crippen LogP contribution in [-0.4, -0.2) is 34.6 Å². The van der Waals surface area contributed by atoms with Gasteiger partial charge in [0.05, 0.1) is 10.9 Å². The zero-order valence-corrected chi connectivity index (χ0v) is 14.0. The van der Waals surface area contributed by atoms with Crippen molar-refractivity contribution >= 4 is 10.0 Å². The highest BCUT2D eigenvalue weighted by molar-refractivity contribution is 7.89. The number of fused-ring (bicyclic) bond motifs is 2. The molecule has 0 aliphatic carbocycles. The summed E-state index contributed by atoms with van der Waals surface area (Å²) in [5, 5.41) is 4.34. The standard InChI is InChI=1S/C17H21N3O2S/c1-13-4-2-5-17(10-13)23(21,22)20-14-6-7-15(20)12-16(11-14)19-9-3-8-18-19/h2-5,8-10,14-16H,6-7,11-12H2,1H3. The summed E-state index contributed by atoms with van der Waals surface area (Å²) in [5.74, 6) is 0. The smallest absolute Gasteiger partial charge is 0.243 e. The van der Waals surface area contributed by atoms with Crippen LogP contribution < -0.4 is 0 Å². The molecular formula is C17H21N3O2S. The molecule has 3 heterocycles. The summed E-state index contributed by atoms with van der Waals surface area (Å²) in [6, 6.07) is 9.65. The molecule has 4 rings (SSSR count). The lowest BCUT2D eigenvalue weighted by atomic mass is 10.00. The summed E-state index contributed by atoms with van der Waals surface area (Å²) < 4.78 is 30.0. The van der Waals surface area contributed by atoms with Crippen molar-refractivity contribution in [3.63, 3.8) is 0 Å². The molecule has 2 saturated heterocycles. The van der Waals surface area contributed by atoms with E-state index in [1.165, 1.54) is 0 Å². The van der Waals surface area contributed by atoms with Gasteiger partial charge in [-0.2, -0.15) is 9.40 Å². The summed E-state index contributed by atoms with van der Waals surface area (Å²) in [4.78, 5) is 0.423. The average molecular weight is 331 g/mol. The fraction of sp³-hybridized carbons (Fsp3) is 0.471. The zero-order valence-electron chi connectivity index (χ0n) is 13.2. The first-order valence-electron chi connectivity index (χ1n) is 8.15. The van der Waals surface area contributed by atoms with Crippen molar-refractivity contribution in [3.05, 3.63) is 48.3 Å². The summed E-state index contributed by atoms with van der Waals surface area (Å²) in [5.41, 5.74) is 0.977. The van der Waals surface area contributed by atoms with Gasteiger partial charge in [0.2, 0.25) is 10.0 Å². The minimum atomic E-state index is -3.41. The maximum Gasteiger partial charge on any atom is 0.243 e. The van der Waals surface area contributed by atoms with Crippen molar-refractivity contribution in [2.45, 2.75) is 55.6 Å². The Morgan fingerprint density at radius 3 is 2.43 bits per heavy atom. The van der Waals surface area contributed by atoms with Crippen LogP contribution in [0.1, 0.15) is 37.3 Å². The number of sulfonamides is 1. The molecule has 0 saturated carbocycles. The number of hydrogen-bond acceptors (Lipinski definition) is 3. The monoisotopic (exact) mass is 331 g/mol. The van der Waals surface area contributed by atoms with Gasteiger partial charge in [-0.1, -0.05) is 12.1 Å². The highest BCUT2D eigenvalue weighted by atomic mass is 32.2. The van der Waals surface area contributed by atoms with Crippen LogP contribution in [0.2, 0.25) is 0 Å². The van der Waals surface area contributed by atoms with E-state index in [2.05, 4.69) is 5.10 Å². The van der Waals surface area contributed by atoms with E-state index in [-0.39, 0.29) is 12.1 Å². The van der Waals surface area contributed by atoms with Crippen LogP contribution in [-0.2, 0) is 10.0 Å². The third-order valence-corrected chi connectivity index (χ3v) is 7.11. The van der Waals surface area contributed by atoms with Gasteiger partial charge in [-0.05, 0) is 56.4 Å². The van der Waals surface area contributed by atoms with E-state index >= 15 is 0 Å². The van der Waals surface area contributed by atoms with E-state index in [0.29, 0.717) is 10.9 Å². The average Bonchev–Trinajstić information content (AvgIpc) is 3.14. The second-order valence-corrected chi connectivity index (χ2v) is 8.49. The fourth-order valence-electron chi connectivity index (χ4n) is 4.11. The molecule has 2 aliphatic heterocycles. The van der Waals surface area contributed by atoms with Crippen LogP contribution >= 0.6 is 0 Å². The van der Waals surface area contributed by atoms with Crippen LogP contribution in [0, 0.1) is 6.92 Å². The molecule has 0 amide bonds. The van der Waals surface area contributed by atoms with E-state index < -0.39 is 10.0 Å². The van der Waals surface area contributed by atoms with Crippen molar-refractivity contribution in [2.75, 3.05) is 0 Å². The number of hydrogen-bond donors (Lipinski definition) is 0. The molecule has 2 bridgehead atoms. The lowest BCUT2D eigenvalue weighted by molar-refractivity contribution is 0.185. The second kappa shape index (κ2) is 5.46. The molecule has 2 aliphatic rings. The Morgan fingerprint density at radius 1 is 1.09 bits per heavy atom. The molecule has 0 N–H and O–H groups in total. The molecule has 1 aromatic carbocycles. The number of aryl methyl sites for hydroxylation is 1. The second-order valence-electron chi connectivity index (χ2n) is 6.65. The summed E-state index contributed by atoms with van der Waals surface area (Å²) in [7, 11) is -3.41. The molecule has 122 valence electrons. The minimum Gasteiger partial charge on any atom is -0.270 e. The van der Waals surface area contributed by atoms with E-state index in [1.54, 1.807) is 22.6 Å². The van der Waals surface area contributed by atoms with Crippen LogP contribution in [0.25, 0.3) is 0 Å². The highest BCUT2D eigenvalue weighted by Gasteiger charge is 2.47. The molecular weight excluding hydrogens is 310 g/mol. The fourth-order valence-corrected chi connectivity index (χ4v) is 6.10. The summed E-state index contributed by atoms with van der Waals surface area (Å²) in [6.45, 7) is 1.93. The van der Waals surface area contributed by atoms with Gasteiger partial charge in [0, 0.05) is 24.5 Å². The summed E-state index contributed by atoms with van der Waals surface area (Å²) >= 11 is 0. The molecule has 5 nitrogen and oxygen atoms in total. The Labute approximate surface area is 137 Å². The number of benzene rings is 1. The van der Waals surface area contributed by atoms with Crippen molar-refractivity contribution in [3.8, 4) is 0 Å². The SMILES string of the molecule is Cc1cccc(S(=O)(=O)N2C3CCC2CC(n2cccn2)C3)c1. The summed E-state index contributed by atoms with van der Waals surface area (Å²) in [6.07, 6.45) is 7.38. The molecule has 0 spiro atoms. The van der Waals surface area contributed by atoms with Crippen LogP contribution in [0.5, 0.6) is 0 Å². The predicted octanol–water partition coefficient (Wildman–Crippen LogP) is 2.75. The molecule has 2 fully saturated rings. The third kappa shape index (κ3) is 2.50. The predicted molar refractivity (Wildman–Crippen MR) is 87.5 cm³/mol. The number of piperidine rings is 1. The maximum atomic E-state index is 13.1. The third-order valence-electron chi connectivity index (χ3n) is 5.11. The van der Waals surface area contributed by atoms with Crippen molar-refractivity contribution in [1.82, 2.24) is 14.1 Å². The highest BCUT2D eigenvalue weighted by Crippen LogP contribution is 2.43. The molecule has 6 heteroatoms. The Kier molecular flexibility index (Phi) is 3.54. The Bertz CT molecular complexity index is 787. The van der Waals surface area contributed by atoms with Crippen molar-refractivity contribution in [1.29, 1.82) is 0 Å².